The lowest BCUT2D eigenvalue weighted by atomic mass is 10.1. The van der Waals surface area contributed by atoms with Gasteiger partial charge in [0, 0.05) is 6.61 Å². The number of hydrogen-bond donors (Lipinski definition) is 1. The van der Waals surface area contributed by atoms with E-state index in [1.165, 1.54) is 7.11 Å². The number of methoxy groups -OCH3 is 1. The van der Waals surface area contributed by atoms with Gasteiger partial charge in [0.25, 0.3) is 5.91 Å². The predicted molar refractivity (Wildman–Crippen MR) is 66.9 cm³/mol. The molecule has 6 heteroatoms. The van der Waals surface area contributed by atoms with Crippen molar-refractivity contribution in [1.82, 2.24) is 5.32 Å². The molecular weight excluding hydrogens is 254 g/mol. The lowest BCUT2D eigenvalue weighted by Crippen LogP contribution is -2.38. The van der Waals surface area contributed by atoms with E-state index in [9.17, 15) is 9.59 Å². The maximum absolute atomic E-state index is 12.0. The highest BCUT2D eigenvalue weighted by atomic mass is 32.1. The topological polar surface area (TPSA) is 64.6 Å². The summed E-state index contributed by atoms with van der Waals surface area (Å²) in [5.41, 5.74) is 0. The minimum atomic E-state index is -0.420. The maximum Gasteiger partial charge on any atom is 0.348 e. The van der Waals surface area contributed by atoms with Gasteiger partial charge in [-0.25, -0.2) is 4.79 Å². The van der Waals surface area contributed by atoms with E-state index in [4.69, 9.17) is 4.74 Å². The summed E-state index contributed by atoms with van der Waals surface area (Å²) in [5.74, 6) is -0.589. The Balaban J connectivity index is 2.00. The molecule has 0 spiro atoms. The third kappa shape index (κ3) is 2.70. The standard InChI is InChI=1S/C12H15NO4S/c1-7-8(5-6-17-7)13-11(14)9-3-4-10(18-9)12(15)16-2/h3-4,7-8H,5-6H2,1-2H3,(H,13,14). The monoisotopic (exact) mass is 269 g/mol. The van der Waals surface area contributed by atoms with Gasteiger partial charge >= 0.3 is 5.97 Å². The zero-order valence-corrected chi connectivity index (χ0v) is 11.1. The first-order chi connectivity index (χ1) is 8.61. The molecule has 2 atom stereocenters. The minimum Gasteiger partial charge on any atom is -0.465 e. The Hall–Kier alpha value is -1.40. The molecule has 2 rings (SSSR count). The molecule has 5 nitrogen and oxygen atoms in total. The third-order valence-electron chi connectivity index (χ3n) is 2.91. The van der Waals surface area contributed by atoms with E-state index in [0.29, 0.717) is 16.4 Å². The molecule has 98 valence electrons. The lowest BCUT2D eigenvalue weighted by Gasteiger charge is -2.15. The van der Waals surface area contributed by atoms with Crippen LogP contribution in [-0.4, -0.2) is 37.7 Å². The van der Waals surface area contributed by atoms with Crippen molar-refractivity contribution in [2.24, 2.45) is 0 Å². The quantitative estimate of drug-likeness (QED) is 0.843. The van der Waals surface area contributed by atoms with Gasteiger partial charge in [-0.05, 0) is 25.5 Å². The number of nitrogens with one attached hydrogen (secondary N) is 1. The van der Waals surface area contributed by atoms with Crippen molar-refractivity contribution < 1.29 is 19.1 Å². The minimum absolute atomic E-state index is 0.0361. The van der Waals surface area contributed by atoms with Gasteiger partial charge in [0.1, 0.15) is 4.88 Å². The van der Waals surface area contributed by atoms with Crippen LogP contribution in [0, 0.1) is 0 Å². The summed E-state index contributed by atoms with van der Waals surface area (Å²) in [6, 6.07) is 3.27. The first kappa shape index (κ1) is 13.0. The fourth-order valence-electron chi connectivity index (χ4n) is 1.83. The second-order valence-corrected chi connectivity index (χ2v) is 5.18. The van der Waals surface area contributed by atoms with Crippen LogP contribution in [-0.2, 0) is 9.47 Å². The number of rotatable bonds is 3. The molecule has 1 aromatic rings. The second-order valence-electron chi connectivity index (χ2n) is 4.10. The largest absolute Gasteiger partial charge is 0.465 e. The van der Waals surface area contributed by atoms with Crippen LogP contribution >= 0.6 is 11.3 Å². The molecule has 1 aromatic heterocycles. The molecule has 1 fully saturated rings. The van der Waals surface area contributed by atoms with E-state index in [2.05, 4.69) is 10.1 Å². The zero-order chi connectivity index (χ0) is 13.1. The van der Waals surface area contributed by atoms with E-state index in [1.54, 1.807) is 12.1 Å². The zero-order valence-electron chi connectivity index (χ0n) is 10.3. The van der Waals surface area contributed by atoms with Crippen molar-refractivity contribution in [3.63, 3.8) is 0 Å². The first-order valence-corrected chi connectivity index (χ1v) is 6.54. The van der Waals surface area contributed by atoms with Crippen molar-refractivity contribution >= 4 is 23.2 Å². The maximum atomic E-state index is 12.0. The number of ether oxygens (including phenoxy) is 2. The molecule has 2 heterocycles. The van der Waals surface area contributed by atoms with Gasteiger partial charge in [0.15, 0.2) is 0 Å². The van der Waals surface area contributed by atoms with Crippen LogP contribution in [0.15, 0.2) is 12.1 Å². The van der Waals surface area contributed by atoms with Gasteiger partial charge in [0.05, 0.1) is 24.1 Å². The molecule has 18 heavy (non-hydrogen) atoms. The van der Waals surface area contributed by atoms with E-state index >= 15 is 0 Å². The summed E-state index contributed by atoms with van der Waals surface area (Å²) in [5, 5.41) is 2.91. The molecule has 0 radical (unpaired) electrons. The molecule has 0 bridgehead atoms. The van der Waals surface area contributed by atoms with E-state index < -0.39 is 5.97 Å². The molecule has 0 saturated carbocycles. The van der Waals surface area contributed by atoms with Crippen LogP contribution in [0.3, 0.4) is 0 Å². The molecule has 1 N–H and O–H groups in total. The Morgan fingerprint density at radius 3 is 2.78 bits per heavy atom. The van der Waals surface area contributed by atoms with Crippen LogP contribution < -0.4 is 5.32 Å². The Kier molecular flexibility index (Phi) is 3.98. The van der Waals surface area contributed by atoms with Crippen LogP contribution in [0.4, 0.5) is 0 Å². The van der Waals surface area contributed by atoms with E-state index in [-0.39, 0.29) is 18.1 Å². The van der Waals surface area contributed by atoms with E-state index in [0.717, 1.165) is 17.8 Å². The van der Waals surface area contributed by atoms with Gasteiger partial charge in [-0.3, -0.25) is 4.79 Å². The SMILES string of the molecule is COC(=O)c1ccc(C(=O)NC2CCOC2C)s1. The fourth-order valence-corrected chi connectivity index (χ4v) is 2.66. The highest BCUT2D eigenvalue weighted by Crippen LogP contribution is 2.19. The predicted octanol–water partition coefficient (Wildman–Crippen LogP) is 1.44. The number of thiophene rings is 1. The van der Waals surface area contributed by atoms with Crippen molar-refractivity contribution in [2.45, 2.75) is 25.5 Å². The number of carbonyl (C=O) groups excluding carboxylic acids is 2. The summed E-state index contributed by atoms with van der Waals surface area (Å²) in [7, 11) is 1.32. The van der Waals surface area contributed by atoms with Crippen molar-refractivity contribution in [1.29, 1.82) is 0 Å². The van der Waals surface area contributed by atoms with Crippen molar-refractivity contribution in [2.75, 3.05) is 13.7 Å². The van der Waals surface area contributed by atoms with Crippen LogP contribution in [0.1, 0.15) is 32.7 Å². The number of carbonyl (C=O) groups is 2. The third-order valence-corrected chi connectivity index (χ3v) is 3.97. The Morgan fingerprint density at radius 1 is 1.44 bits per heavy atom. The van der Waals surface area contributed by atoms with Gasteiger partial charge in [-0.15, -0.1) is 11.3 Å². The summed E-state index contributed by atoms with van der Waals surface area (Å²) >= 11 is 1.13. The van der Waals surface area contributed by atoms with Crippen LogP contribution in [0.25, 0.3) is 0 Å². The Morgan fingerprint density at radius 2 is 2.17 bits per heavy atom. The molecule has 1 saturated heterocycles. The van der Waals surface area contributed by atoms with Crippen molar-refractivity contribution in [3.05, 3.63) is 21.9 Å². The number of amides is 1. The van der Waals surface area contributed by atoms with Crippen LogP contribution in [0.5, 0.6) is 0 Å². The molecule has 1 amide bonds. The Labute approximate surface area is 109 Å². The lowest BCUT2D eigenvalue weighted by molar-refractivity contribution is 0.0606. The van der Waals surface area contributed by atoms with Gasteiger partial charge in [-0.2, -0.15) is 0 Å². The second kappa shape index (κ2) is 5.49. The molecular formula is C12H15NO4S. The summed E-state index contributed by atoms with van der Waals surface area (Å²) in [6.45, 7) is 2.61. The molecule has 0 aliphatic carbocycles. The molecule has 2 unspecified atom stereocenters. The van der Waals surface area contributed by atoms with Gasteiger partial charge in [-0.1, -0.05) is 0 Å². The average molecular weight is 269 g/mol. The summed E-state index contributed by atoms with van der Waals surface area (Å²) in [6.07, 6.45) is 0.858. The summed E-state index contributed by atoms with van der Waals surface area (Å²) < 4.78 is 9.98. The van der Waals surface area contributed by atoms with Crippen molar-refractivity contribution in [3.8, 4) is 0 Å². The van der Waals surface area contributed by atoms with E-state index in [1.807, 2.05) is 6.92 Å². The first-order valence-electron chi connectivity index (χ1n) is 5.72. The summed E-state index contributed by atoms with van der Waals surface area (Å²) in [4.78, 5) is 24.2. The number of hydrogen-bond acceptors (Lipinski definition) is 5. The smallest absolute Gasteiger partial charge is 0.348 e. The molecule has 1 aliphatic heterocycles. The highest BCUT2D eigenvalue weighted by molar-refractivity contribution is 7.15. The highest BCUT2D eigenvalue weighted by Gasteiger charge is 2.26. The fraction of sp³-hybridized carbons (Fsp3) is 0.500. The van der Waals surface area contributed by atoms with Crippen LogP contribution in [0.2, 0.25) is 0 Å². The normalized spacial score (nSPS) is 22.8. The van der Waals surface area contributed by atoms with Gasteiger partial charge < -0.3 is 14.8 Å². The number of esters is 1. The average Bonchev–Trinajstić information content (AvgIpc) is 2.98. The Bertz CT molecular complexity index is 457. The molecule has 1 aliphatic rings. The molecule has 0 aromatic carbocycles. The van der Waals surface area contributed by atoms with Gasteiger partial charge in [0.2, 0.25) is 0 Å².